The van der Waals surface area contributed by atoms with Crippen LogP contribution in [-0.2, 0) is 4.79 Å². The Bertz CT molecular complexity index is 221. The van der Waals surface area contributed by atoms with Crippen LogP contribution in [0.1, 0.15) is 13.3 Å². The lowest BCUT2D eigenvalue weighted by atomic mass is 10.1. The van der Waals surface area contributed by atoms with Gasteiger partial charge in [0.25, 0.3) is 0 Å². The van der Waals surface area contributed by atoms with E-state index in [0.29, 0.717) is 12.8 Å². The lowest BCUT2D eigenvalue weighted by molar-refractivity contribution is -0.110. The maximum absolute atomic E-state index is 10.4. The smallest absolute Gasteiger partial charge is 0.207 e. The molecule has 1 aliphatic carbocycles. The minimum Gasteiger partial charge on any atom is -0.354 e. The van der Waals surface area contributed by atoms with Crippen LogP contribution in [0.5, 0.6) is 0 Å². The van der Waals surface area contributed by atoms with E-state index in [0.717, 1.165) is 0 Å². The maximum atomic E-state index is 10.4. The molecule has 1 amide bonds. The van der Waals surface area contributed by atoms with Crippen LogP contribution in [0.4, 0.5) is 0 Å². The molecule has 1 fully saturated rings. The van der Waals surface area contributed by atoms with Crippen LogP contribution in [0, 0.1) is 15.7 Å². The number of carbonyl (C=O) groups is 1. The first kappa shape index (κ1) is 9.76. The summed E-state index contributed by atoms with van der Waals surface area (Å²) < 4.78 is 0. The summed E-state index contributed by atoms with van der Waals surface area (Å²) in [5, 5.41) is 8.15. The third kappa shape index (κ3) is 1.71. The zero-order valence-corrected chi connectivity index (χ0v) is 7.21. The Labute approximate surface area is 75.0 Å². The average molecular weight is 185 g/mol. The Balaban J connectivity index is 2.73. The molecular formula is C7H11N3O3. The molecule has 0 aliphatic heterocycles. The molecule has 1 saturated carbocycles. The molecule has 0 aromatic carbocycles. The molecule has 1 aliphatic rings. The van der Waals surface area contributed by atoms with Gasteiger partial charge in [0.15, 0.2) is 0 Å². The molecule has 0 aromatic heterocycles. The highest BCUT2D eigenvalue weighted by Gasteiger charge is 2.43. The standard InChI is InChI=1S/C7H11N3O3/c1-4-2-5(8-3-11)7(10-13)6(4)9-12/h3-7H,2H2,1H3,(H,8,11). The second-order valence-electron chi connectivity index (χ2n) is 3.30. The summed E-state index contributed by atoms with van der Waals surface area (Å²) in [4.78, 5) is 30.9. The van der Waals surface area contributed by atoms with Crippen LogP contribution in [0.25, 0.3) is 0 Å². The van der Waals surface area contributed by atoms with Crippen LogP contribution in [0.2, 0.25) is 0 Å². The zero-order valence-electron chi connectivity index (χ0n) is 7.21. The molecule has 0 radical (unpaired) electrons. The Morgan fingerprint density at radius 3 is 2.38 bits per heavy atom. The van der Waals surface area contributed by atoms with Crippen molar-refractivity contribution in [3.8, 4) is 0 Å². The van der Waals surface area contributed by atoms with Crippen LogP contribution in [0.15, 0.2) is 10.4 Å². The van der Waals surface area contributed by atoms with Crippen molar-refractivity contribution in [3.05, 3.63) is 9.81 Å². The topological polar surface area (TPSA) is 88.0 Å². The Hall–Kier alpha value is -1.33. The minimum atomic E-state index is -0.710. The number of rotatable bonds is 4. The van der Waals surface area contributed by atoms with E-state index in [2.05, 4.69) is 15.7 Å². The second-order valence-corrected chi connectivity index (χ2v) is 3.30. The number of nitrogens with zero attached hydrogens (tertiary/aromatic N) is 2. The van der Waals surface area contributed by atoms with E-state index in [-0.39, 0.29) is 12.0 Å². The van der Waals surface area contributed by atoms with E-state index in [9.17, 15) is 14.6 Å². The van der Waals surface area contributed by atoms with Gasteiger partial charge in [-0.1, -0.05) is 17.3 Å². The van der Waals surface area contributed by atoms with Crippen LogP contribution in [-0.4, -0.2) is 24.5 Å². The Kier molecular flexibility index (Phi) is 3.05. The summed E-state index contributed by atoms with van der Waals surface area (Å²) in [6.07, 6.45) is 1.09. The number of carbonyl (C=O) groups excluding carboxylic acids is 1. The van der Waals surface area contributed by atoms with Crippen molar-refractivity contribution >= 4 is 6.41 Å². The summed E-state index contributed by atoms with van der Waals surface area (Å²) >= 11 is 0. The molecule has 72 valence electrons. The minimum absolute atomic E-state index is 0.00218. The molecule has 0 heterocycles. The summed E-state index contributed by atoms with van der Waals surface area (Å²) in [5.74, 6) is -0.00218. The quantitative estimate of drug-likeness (QED) is 0.508. The van der Waals surface area contributed by atoms with E-state index in [1.54, 1.807) is 0 Å². The zero-order chi connectivity index (χ0) is 9.84. The molecule has 0 bridgehead atoms. The first-order valence-electron chi connectivity index (χ1n) is 4.09. The van der Waals surface area contributed by atoms with Gasteiger partial charge in [-0.2, -0.15) is 9.81 Å². The van der Waals surface area contributed by atoms with E-state index < -0.39 is 12.1 Å². The number of nitroso groups, excluding NO2 is 2. The monoisotopic (exact) mass is 185 g/mol. The lowest BCUT2D eigenvalue weighted by Crippen LogP contribution is -2.37. The molecule has 6 nitrogen and oxygen atoms in total. The predicted molar refractivity (Wildman–Crippen MR) is 45.9 cm³/mol. The fourth-order valence-corrected chi connectivity index (χ4v) is 1.81. The van der Waals surface area contributed by atoms with Gasteiger partial charge in [-0.3, -0.25) is 4.79 Å². The second kappa shape index (κ2) is 4.06. The van der Waals surface area contributed by atoms with Gasteiger partial charge in [0, 0.05) is 0 Å². The normalized spacial score (nSPS) is 38.2. The molecule has 0 saturated heterocycles. The van der Waals surface area contributed by atoms with Gasteiger partial charge in [-0.05, 0) is 12.3 Å². The molecule has 0 spiro atoms. The first-order chi connectivity index (χ1) is 6.24. The maximum Gasteiger partial charge on any atom is 0.207 e. The molecule has 4 unspecified atom stereocenters. The van der Waals surface area contributed by atoms with Crippen LogP contribution < -0.4 is 5.32 Å². The van der Waals surface area contributed by atoms with Gasteiger partial charge in [-0.25, -0.2) is 0 Å². The van der Waals surface area contributed by atoms with Crippen molar-refractivity contribution in [2.45, 2.75) is 31.5 Å². The largest absolute Gasteiger partial charge is 0.354 e. The summed E-state index contributed by atoms with van der Waals surface area (Å²) in [7, 11) is 0. The summed E-state index contributed by atoms with van der Waals surface area (Å²) in [6.45, 7) is 1.82. The van der Waals surface area contributed by atoms with Gasteiger partial charge in [0.05, 0.1) is 6.04 Å². The third-order valence-electron chi connectivity index (χ3n) is 2.50. The van der Waals surface area contributed by atoms with Crippen molar-refractivity contribution in [3.63, 3.8) is 0 Å². The predicted octanol–water partition coefficient (Wildman–Crippen LogP) is 0.411. The van der Waals surface area contributed by atoms with Crippen molar-refractivity contribution in [2.75, 3.05) is 0 Å². The average Bonchev–Trinajstić information content (AvgIpc) is 2.41. The van der Waals surface area contributed by atoms with Gasteiger partial charge >= 0.3 is 0 Å². The molecule has 4 atom stereocenters. The number of nitrogens with one attached hydrogen (secondary N) is 1. The molecule has 6 heteroatoms. The van der Waals surface area contributed by atoms with Crippen molar-refractivity contribution in [2.24, 2.45) is 16.3 Å². The number of hydrogen-bond donors (Lipinski definition) is 1. The van der Waals surface area contributed by atoms with E-state index in [1.807, 2.05) is 6.92 Å². The SMILES string of the molecule is CC1CC(NC=O)C(N=O)C1N=O. The summed E-state index contributed by atoms with van der Waals surface area (Å²) in [6, 6.07) is -1.65. The lowest BCUT2D eigenvalue weighted by Gasteiger charge is -2.12. The first-order valence-corrected chi connectivity index (χ1v) is 4.09. The van der Waals surface area contributed by atoms with E-state index in [1.165, 1.54) is 0 Å². The van der Waals surface area contributed by atoms with Gasteiger partial charge in [-0.15, -0.1) is 0 Å². The molecular weight excluding hydrogens is 174 g/mol. The fourth-order valence-electron chi connectivity index (χ4n) is 1.81. The van der Waals surface area contributed by atoms with Gasteiger partial charge in [0.1, 0.15) is 12.1 Å². The highest BCUT2D eigenvalue weighted by Crippen LogP contribution is 2.30. The van der Waals surface area contributed by atoms with Crippen molar-refractivity contribution in [1.29, 1.82) is 0 Å². The molecule has 0 aromatic rings. The van der Waals surface area contributed by atoms with Gasteiger partial charge in [0.2, 0.25) is 6.41 Å². The molecule has 13 heavy (non-hydrogen) atoms. The number of amides is 1. The van der Waals surface area contributed by atoms with Crippen molar-refractivity contribution < 1.29 is 4.79 Å². The number of hydrogen-bond acceptors (Lipinski definition) is 5. The molecule has 1 rings (SSSR count). The van der Waals surface area contributed by atoms with E-state index >= 15 is 0 Å². The van der Waals surface area contributed by atoms with E-state index in [4.69, 9.17) is 0 Å². The molecule has 1 N–H and O–H groups in total. The Morgan fingerprint density at radius 2 is 1.92 bits per heavy atom. The highest BCUT2D eigenvalue weighted by atomic mass is 16.3. The summed E-state index contributed by atoms with van der Waals surface area (Å²) in [5.41, 5.74) is 0. The van der Waals surface area contributed by atoms with Crippen LogP contribution in [0.3, 0.4) is 0 Å². The Morgan fingerprint density at radius 1 is 1.31 bits per heavy atom. The third-order valence-corrected chi connectivity index (χ3v) is 2.50. The van der Waals surface area contributed by atoms with Crippen molar-refractivity contribution in [1.82, 2.24) is 5.32 Å². The fraction of sp³-hybridized carbons (Fsp3) is 0.857. The highest BCUT2D eigenvalue weighted by molar-refractivity contribution is 5.47. The van der Waals surface area contributed by atoms with Gasteiger partial charge < -0.3 is 5.32 Å². The van der Waals surface area contributed by atoms with Crippen LogP contribution >= 0.6 is 0 Å².